The van der Waals surface area contributed by atoms with Crippen molar-refractivity contribution in [3.8, 4) is 11.5 Å². The van der Waals surface area contributed by atoms with E-state index in [1.165, 1.54) is 6.08 Å². The molecule has 1 amide bonds. The molecular weight excluding hydrogens is 296 g/mol. The van der Waals surface area contributed by atoms with Crippen molar-refractivity contribution in [2.75, 3.05) is 20.8 Å². The number of nitrogens with two attached hydrogens (primary N) is 1. The van der Waals surface area contributed by atoms with Crippen LogP contribution in [0.25, 0.3) is 6.08 Å². The number of methoxy groups -OCH3 is 2. The Hall–Kier alpha value is -2.34. The molecule has 0 bridgehead atoms. The first kappa shape index (κ1) is 17.0. The molecule has 1 aliphatic heterocycles. The Labute approximate surface area is 135 Å². The van der Waals surface area contributed by atoms with Gasteiger partial charge in [0.1, 0.15) is 11.5 Å². The Kier molecular flexibility index (Phi) is 5.76. The Morgan fingerprint density at radius 2 is 1.91 bits per heavy atom. The molecule has 124 valence electrons. The average Bonchev–Trinajstić information content (AvgIpc) is 2.74. The summed E-state index contributed by atoms with van der Waals surface area (Å²) in [6, 6.07) is 4.55. The van der Waals surface area contributed by atoms with E-state index in [1.54, 1.807) is 38.5 Å². The first-order valence-electron chi connectivity index (χ1n) is 7.53. The van der Waals surface area contributed by atoms with Gasteiger partial charge in [0.25, 0.3) is 0 Å². The first-order chi connectivity index (χ1) is 11.0. The van der Waals surface area contributed by atoms with Crippen molar-refractivity contribution in [1.29, 1.82) is 0 Å². The van der Waals surface area contributed by atoms with Crippen LogP contribution >= 0.6 is 0 Å². The Morgan fingerprint density at radius 3 is 2.52 bits per heavy atom. The highest BCUT2D eigenvalue weighted by molar-refractivity contribution is 5.99. The average molecular weight is 318 g/mol. The monoisotopic (exact) mass is 318 g/mol. The van der Waals surface area contributed by atoms with E-state index >= 15 is 0 Å². The molecule has 2 rings (SSSR count). The van der Waals surface area contributed by atoms with Gasteiger partial charge in [0.15, 0.2) is 5.78 Å². The maximum atomic E-state index is 12.4. The topological polar surface area (TPSA) is 90.7 Å². The first-order valence-corrected chi connectivity index (χ1v) is 7.53. The molecule has 2 atom stereocenters. The zero-order valence-corrected chi connectivity index (χ0v) is 13.4. The van der Waals surface area contributed by atoms with Crippen LogP contribution in [0.15, 0.2) is 24.3 Å². The zero-order valence-electron chi connectivity index (χ0n) is 13.4. The zero-order chi connectivity index (χ0) is 16.8. The quantitative estimate of drug-likeness (QED) is 0.795. The predicted octanol–water partition coefficient (Wildman–Crippen LogP) is 1.14. The van der Waals surface area contributed by atoms with Crippen LogP contribution in [0.5, 0.6) is 11.5 Å². The minimum absolute atomic E-state index is 0.142. The molecule has 1 fully saturated rings. The van der Waals surface area contributed by atoms with Crippen molar-refractivity contribution in [3.05, 3.63) is 29.8 Å². The van der Waals surface area contributed by atoms with Gasteiger partial charge >= 0.3 is 0 Å². The lowest BCUT2D eigenvalue weighted by Gasteiger charge is -2.16. The van der Waals surface area contributed by atoms with Gasteiger partial charge in [-0.15, -0.1) is 0 Å². The number of ether oxygens (including phenoxy) is 2. The molecule has 1 aromatic rings. The van der Waals surface area contributed by atoms with Gasteiger partial charge in [-0.05, 0) is 36.6 Å². The molecule has 3 N–H and O–H groups in total. The summed E-state index contributed by atoms with van der Waals surface area (Å²) in [4.78, 5) is 24.1. The highest BCUT2D eigenvalue weighted by Gasteiger charge is 2.30. The summed E-state index contributed by atoms with van der Waals surface area (Å²) in [6.45, 7) is 0.563. The molecule has 2 unspecified atom stereocenters. The Balaban J connectivity index is 2.15. The number of allylic oxidation sites excluding steroid dienone is 1. The maximum Gasteiger partial charge on any atom is 0.237 e. The third-order valence-corrected chi connectivity index (χ3v) is 3.91. The van der Waals surface area contributed by atoms with Crippen molar-refractivity contribution in [1.82, 2.24) is 5.32 Å². The number of ketones is 1. The van der Waals surface area contributed by atoms with Crippen molar-refractivity contribution in [2.24, 2.45) is 11.7 Å². The van der Waals surface area contributed by atoms with Crippen molar-refractivity contribution in [2.45, 2.75) is 18.9 Å². The van der Waals surface area contributed by atoms with E-state index < -0.39 is 12.0 Å². The molecule has 6 nitrogen and oxygen atoms in total. The predicted molar refractivity (Wildman–Crippen MR) is 87.3 cm³/mol. The maximum absolute atomic E-state index is 12.4. The smallest absolute Gasteiger partial charge is 0.237 e. The number of carbonyl (C=O) groups excluding carboxylic acids is 2. The largest absolute Gasteiger partial charge is 0.497 e. The number of nitrogens with one attached hydrogen (secondary N) is 1. The van der Waals surface area contributed by atoms with Crippen LogP contribution in [0.4, 0.5) is 0 Å². The normalized spacial score (nSPS) is 21.6. The molecular formula is C17H22N2O4. The fourth-order valence-corrected chi connectivity index (χ4v) is 2.56. The van der Waals surface area contributed by atoms with Crippen LogP contribution in [-0.4, -0.2) is 38.5 Å². The molecule has 0 saturated carbocycles. The molecule has 6 heteroatoms. The number of amides is 1. The van der Waals surface area contributed by atoms with Crippen molar-refractivity contribution >= 4 is 17.8 Å². The van der Waals surface area contributed by atoms with E-state index in [0.717, 1.165) is 12.0 Å². The van der Waals surface area contributed by atoms with Gasteiger partial charge < -0.3 is 20.5 Å². The molecule has 0 aromatic heterocycles. The van der Waals surface area contributed by atoms with E-state index in [1.807, 2.05) is 0 Å². The standard InChI is InChI=1S/C17H22N2O4/c1-22-12-8-11(9-13(10-12)23-2)5-6-15(20)14-4-3-7-19-17(21)16(14)18/h5-6,8-10,14,16H,3-4,7,18H2,1-2H3,(H,19,21). The summed E-state index contributed by atoms with van der Waals surface area (Å²) in [5.41, 5.74) is 6.66. The summed E-state index contributed by atoms with van der Waals surface area (Å²) in [7, 11) is 3.13. The molecule has 0 radical (unpaired) electrons. The second kappa shape index (κ2) is 7.78. The van der Waals surface area contributed by atoms with E-state index in [9.17, 15) is 9.59 Å². The van der Waals surface area contributed by atoms with E-state index in [2.05, 4.69) is 5.32 Å². The lowest BCUT2D eigenvalue weighted by atomic mass is 9.91. The lowest BCUT2D eigenvalue weighted by molar-refractivity contribution is -0.127. The van der Waals surface area contributed by atoms with Gasteiger partial charge in [-0.25, -0.2) is 0 Å². The minimum atomic E-state index is -0.797. The fourth-order valence-electron chi connectivity index (χ4n) is 2.56. The lowest BCUT2D eigenvalue weighted by Crippen LogP contribution is -2.45. The van der Waals surface area contributed by atoms with Gasteiger partial charge in [-0.1, -0.05) is 6.08 Å². The molecule has 1 heterocycles. The van der Waals surface area contributed by atoms with Crippen LogP contribution in [0.1, 0.15) is 18.4 Å². The summed E-state index contributed by atoms with van der Waals surface area (Å²) < 4.78 is 10.4. The van der Waals surface area contributed by atoms with E-state index in [-0.39, 0.29) is 11.7 Å². The van der Waals surface area contributed by atoms with Gasteiger partial charge in [0.2, 0.25) is 5.91 Å². The van der Waals surface area contributed by atoms with Gasteiger partial charge in [0, 0.05) is 18.5 Å². The van der Waals surface area contributed by atoms with Crippen molar-refractivity contribution in [3.63, 3.8) is 0 Å². The summed E-state index contributed by atoms with van der Waals surface area (Å²) >= 11 is 0. The van der Waals surface area contributed by atoms with E-state index in [0.29, 0.717) is 24.5 Å². The summed E-state index contributed by atoms with van der Waals surface area (Å²) in [5.74, 6) is 0.388. The van der Waals surface area contributed by atoms with Crippen LogP contribution in [0, 0.1) is 5.92 Å². The fraction of sp³-hybridized carbons (Fsp3) is 0.412. The highest BCUT2D eigenvalue weighted by atomic mass is 16.5. The van der Waals surface area contributed by atoms with Gasteiger partial charge in [-0.3, -0.25) is 9.59 Å². The van der Waals surface area contributed by atoms with Crippen LogP contribution < -0.4 is 20.5 Å². The molecule has 0 spiro atoms. The Bertz CT molecular complexity index is 590. The van der Waals surface area contributed by atoms with E-state index in [4.69, 9.17) is 15.2 Å². The number of hydrogen-bond acceptors (Lipinski definition) is 5. The van der Waals surface area contributed by atoms with Gasteiger partial charge in [0.05, 0.1) is 20.3 Å². The second-order valence-electron chi connectivity index (χ2n) is 5.45. The van der Waals surface area contributed by atoms with Crippen LogP contribution in [0.3, 0.4) is 0 Å². The summed E-state index contributed by atoms with van der Waals surface area (Å²) in [6.07, 6.45) is 4.50. The third kappa shape index (κ3) is 4.32. The van der Waals surface area contributed by atoms with Crippen LogP contribution in [0.2, 0.25) is 0 Å². The Morgan fingerprint density at radius 1 is 1.26 bits per heavy atom. The number of benzene rings is 1. The molecule has 23 heavy (non-hydrogen) atoms. The van der Waals surface area contributed by atoms with Crippen molar-refractivity contribution < 1.29 is 19.1 Å². The number of rotatable bonds is 5. The number of carbonyl (C=O) groups is 2. The molecule has 1 saturated heterocycles. The molecule has 0 aliphatic carbocycles. The van der Waals surface area contributed by atoms with Gasteiger partial charge in [-0.2, -0.15) is 0 Å². The molecule has 1 aliphatic rings. The number of hydrogen-bond donors (Lipinski definition) is 2. The molecule has 1 aromatic carbocycles. The SMILES string of the molecule is COc1cc(C=CC(=O)C2CCCNC(=O)C2N)cc(OC)c1. The highest BCUT2D eigenvalue weighted by Crippen LogP contribution is 2.24. The second-order valence-corrected chi connectivity index (χ2v) is 5.45. The van der Waals surface area contributed by atoms with Crippen LogP contribution in [-0.2, 0) is 9.59 Å². The third-order valence-electron chi connectivity index (χ3n) is 3.91. The summed E-state index contributed by atoms with van der Waals surface area (Å²) in [5, 5.41) is 2.71. The minimum Gasteiger partial charge on any atom is -0.497 e.